The highest BCUT2D eigenvalue weighted by molar-refractivity contribution is 7.99. The Balaban J connectivity index is 1.82. The summed E-state index contributed by atoms with van der Waals surface area (Å²) in [6.45, 7) is 6.44. The van der Waals surface area contributed by atoms with Gasteiger partial charge in [-0.15, -0.1) is 11.8 Å². The van der Waals surface area contributed by atoms with E-state index in [-0.39, 0.29) is 0 Å². The fraction of sp³-hybridized carbons (Fsp3) is 0.588. The molecule has 1 N–H and O–H groups in total. The third kappa shape index (κ3) is 3.61. The lowest BCUT2D eigenvalue weighted by atomic mass is 10.2. The van der Waals surface area contributed by atoms with E-state index in [0.717, 1.165) is 24.0 Å². The molecule has 3 nitrogen and oxygen atoms in total. The first kappa shape index (κ1) is 14.9. The number of hydrogen-bond acceptors (Lipinski definition) is 3. The third-order valence-corrected chi connectivity index (χ3v) is 5.37. The minimum Gasteiger partial charge on any atom is -0.311 e. The number of nitrogens with zero attached hydrogens (tertiary/aromatic N) is 2. The minimum atomic E-state index is 0.676. The molecule has 4 heteroatoms. The Hall–Kier alpha value is -1.00. The van der Waals surface area contributed by atoms with Crippen molar-refractivity contribution in [1.29, 1.82) is 0 Å². The Morgan fingerprint density at radius 3 is 2.90 bits per heavy atom. The molecule has 0 aliphatic heterocycles. The lowest BCUT2D eigenvalue weighted by Crippen LogP contribution is -2.20. The van der Waals surface area contributed by atoms with E-state index in [4.69, 9.17) is 4.98 Å². The zero-order chi connectivity index (χ0) is 14.7. The molecule has 2 heterocycles. The van der Waals surface area contributed by atoms with Gasteiger partial charge >= 0.3 is 0 Å². The fourth-order valence-electron chi connectivity index (χ4n) is 2.92. The Bertz CT molecular complexity index is 585. The van der Waals surface area contributed by atoms with E-state index in [1.54, 1.807) is 0 Å². The van der Waals surface area contributed by atoms with E-state index < -0.39 is 0 Å². The first-order valence-electron chi connectivity index (χ1n) is 8.07. The molecule has 0 unspecified atom stereocenters. The van der Waals surface area contributed by atoms with Crippen LogP contribution in [0.5, 0.6) is 0 Å². The molecule has 2 aromatic rings. The molecule has 0 saturated heterocycles. The number of imidazole rings is 1. The molecule has 114 valence electrons. The van der Waals surface area contributed by atoms with E-state index >= 15 is 0 Å². The van der Waals surface area contributed by atoms with Gasteiger partial charge in [-0.2, -0.15) is 0 Å². The molecular weight excluding hydrogens is 278 g/mol. The Labute approximate surface area is 131 Å². The summed E-state index contributed by atoms with van der Waals surface area (Å²) in [7, 11) is 0. The van der Waals surface area contributed by atoms with Gasteiger partial charge in [-0.25, -0.2) is 4.98 Å². The van der Waals surface area contributed by atoms with Gasteiger partial charge in [-0.3, -0.25) is 0 Å². The molecular formula is C17H25N3S. The molecule has 21 heavy (non-hydrogen) atoms. The number of hydrogen-bond donors (Lipinski definition) is 1. The van der Waals surface area contributed by atoms with Crippen LogP contribution in [0.1, 0.15) is 45.2 Å². The van der Waals surface area contributed by atoms with E-state index in [2.05, 4.69) is 48.0 Å². The van der Waals surface area contributed by atoms with Crippen molar-refractivity contribution in [2.75, 3.05) is 6.54 Å². The topological polar surface area (TPSA) is 29.3 Å². The van der Waals surface area contributed by atoms with Crippen molar-refractivity contribution in [1.82, 2.24) is 14.7 Å². The van der Waals surface area contributed by atoms with E-state index in [1.165, 1.54) is 36.4 Å². The summed E-state index contributed by atoms with van der Waals surface area (Å²) in [6.07, 6.45) is 7.58. The average molecular weight is 303 g/mol. The van der Waals surface area contributed by atoms with Crippen molar-refractivity contribution in [3.8, 4) is 0 Å². The molecule has 0 aromatic carbocycles. The molecule has 0 spiro atoms. The largest absolute Gasteiger partial charge is 0.311 e. The van der Waals surface area contributed by atoms with Crippen LogP contribution in [0.2, 0.25) is 0 Å². The van der Waals surface area contributed by atoms with Crippen molar-refractivity contribution in [2.45, 2.75) is 56.4 Å². The van der Waals surface area contributed by atoms with Crippen LogP contribution >= 0.6 is 11.8 Å². The number of pyridine rings is 1. The summed E-state index contributed by atoms with van der Waals surface area (Å²) in [4.78, 5) is 4.86. The zero-order valence-corrected chi connectivity index (χ0v) is 13.8. The molecule has 0 atom stereocenters. The Morgan fingerprint density at radius 1 is 1.33 bits per heavy atom. The second kappa shape index (κ2) is 6.84. The number of thioether (sulfide) groups is 1. The maximum absolute atomic E-state index is 4.86. The maximum atomic E-state index is 4.86. The molecule has 3 rings (SSSR count). The molecule has 1 saturated carbocycles. The molecule has 0 amide bonds. The van der Waals surface area contributed by atoms with Crippen LogP contribution < -0.4 is 5.32 Å². The Morgan fingerprint density at radius 2 is 2.14 bits per heavy atom. The molecule has 0 bridgehead atoms. The van der Waals surface area contributed by atoms with Crippen molar-refractivity contribution in [3.05, 3.63) is 30.1 Å². The zero-order valence-electron chi connectivity index (χ0n) is 13.0. The summed E-state index contributed by atoms with van der Waals surface area (Å²) < 4.78 is 2.24. The monoisotopic (exact) mass is 303 g/mol. The molecule has 1 aliphatic carbocycles. The van der Waals surface area contributed by atoms with Crippen molar-refractivity contribution >= 4 is 17.4 Å². The minimum absolute atomic E-state index is 0.676. The quantitative estimate of drug-likeness (QED) is 0.870. The summed E-state index contributed by atoms with van der Waals surface area (Å²) in [5.41, 5.74) is 2.39. The summed E-state index contributed by atoms with van der Waals surface area (Å²) in [5, 5.41) is 5.56. The standard InChI is InChI=1S/C17H25N3S/c1-13(2)11-18-12-15-17(21-14-7-3-4-8-14)19-16-9-5-6-10-20(15)16/h5-6,9-10,13-14,18H,3-4,7-8,11-12H2,1-2H3. The van der Waals surface area contributed by atoms with Gasteiger partial charge in [-0.1, -0.05) is 32.8 Å². The normalized spacial score (nSPS) is 16.3. The van der Waals surface area contributed by atoms with E-state index in [0.29, 0.717) is 5.92 Å². The summed E-state index contributed by atoms with van der Waals surface area (Å²) in [5.74, 6) is 0.676. The molecule has 1 aliphatic rings. The van der Waals surface area contributed by atoms with Gasteiger partial charge in [0.1, 0.15) is 10.7 Å². The van der Waals surface area contributed by atoms with Gasteiger partial charge in [0.05, 0.1) is 5.69 Å². The number of aromatic nitrogens is 2. The van der Waals surface area contributed by atoms with Gasteiger partial charge in [0.15, 0.2) is 0 Å². The van der Waals surface area contributed by atoms with Crippen molar-refractivity contribution < 1.29 is 0 Å². The van der Waals surface area contributed by atoms with Crippen LogP contribution in [-0.2, 0) is 6.54 Å². The van der Waals surface area contributed by atoms with Crippen LogP contribution in [0.3, 0.4) is 0 Å². The SMILES string of the molecule is CC(C)CNCc1c(SC2CCCC2)nc2ccccn12. The second-order valence-corrected chi connectivity index (χ2v) is 7.63. The lowest BCUT2D eigenvalue weighted by Gasteiger charge is -2.11. The lowest BCUT2D eigenvalue weighted by molar-refractivity contribution is 0.544. The van der Waals surface area contributed by atoms with Crippen LogP contribution in [0.4, 0.5) is 0 Å². The van der Waals surface area contributed by atoms with E-state index in [9.17, 15) is 0 Å². The highest BCUT2D eigenvalue weighted by atomic mass is 32.2. The number of nitrogens with one attached hydrogen (secondary N) is 1. The van der Waals surface area contributed by atoms with Gasteiger partial charge in [0.25, 0.3) is 0 Å². The molecule has 2 aromatic heterocycles. The van der Waals surface area contributed by atoms with Crippen LogP contribution in [-0.4, -0.2) is 21.2 Å². The fourth-order valence-corrected chi connectivity index (χ4v) is 4.26. The highest BCUT2D eigenvalue weighted by Crippen LogP contribution is 2.36. The van der Waals surface area contributed by atoms with Crippen LogP contribution in [0.15, 0.2) is 29.4 Å². The van der Waals surface area contributed by atoms with Crippen LogP contribution in [0, 0.1) is 5.92 Å². The molecule has 0 radical (unpaired) electrons. The number of rotatable bonds is 6. The van der Waals surface area contributed by atoms with E-state index in [1.807, 2.05) is 11.8 Å². The van der Waals surface area contributed by atoms with Gasteiger partial charge in [0, 0.05) is 18.0 Å². The molecule has 1 fully saturated rings. The van der Waals surface area contributed by atoms with Crippen molar-refractivity contribution in [2.24, 2.45) is 5.92 Å². The van der Waals surface area contributed by atoms with Gasteiger partial charge in [-0.05, 0) is 37.4 Å². The summed E-state index contributed by atoms with van der Waals surface area (Å²) >= 11 is 1.99. The first-order chi connectivity index (χ1) is 10.2. The third-order valence-electron chi connectivity index (χ3n) is 4.02. The first-order valence-corrected chi connectivity index (χ1v) is 8.95. The van der Waals surface area contributed by atoms with Gasteiger partial charge < -0.3 is 9.72 Å². The smallest absolute Gasteiger partial charge is 0.138 e. The predicted octanol–water partition coefficient (Wildman–Crippen LogP) is 4.11. The summed E-state index contributed by atoms with van der Waals surface area (Å²) in [6, 6.07) is 6.26. The highest BCUT2D eigenvalue weighted by Gasteiger charge is 2.20. The van der Waals surface area contributed by atoms with Crippen molar-refractivity contribution in [3.63, 3.8) is 0 Å². The second-order valence-electron chi connectivity index (χ2n) is 6.34. The number of fused-ring (bicyclic) bond motifs is 1. The maximum Gasteiger partial charge on any atom is 0.138 e. The van der Waals surface area contributed by atoms with Gasteiger partial charge in [0.2, 0.25) is 0 Å². The predicted molar refractivity (Wildman–Crippen MR) is 89.8 cm³/mol. The average Bonchev–Trinajstić information content (AvgIpc) is 3.07. The Kier molecular flexibility index (Phi) is 4.86. The van der Waals surface area contributed by atoms with Crippen LogP contribution in [0.25, 0.3) is 5.65 Å².